The molecule has 0 fully saturated rings. The summed E-state index contributed by atoms with van der Waals surface area (Å²) in [6.07, 6.45) is 0. The Hall–Kier alpha value is -0.940. The van der Waals surface area contributed by atoms with Gasteiger partial charge in [-0.05, 0) is 11.6 Å². The Balaban J connectivity index is 2.11. The van der Waals surface area contributed by atoms with E-state index in [4.69, 9.17) is 5.73 Å². The van der Waals surface area contributed by atoms with Gasteiger partial charge in [0.25, 0.3) is 0 Å². The molecule has 78 valence electrons. The Bertz CT molecular complexity index is 418. The summed E-state index contributed by atoms with van der Waals surface area (Å²) in [5, 5.41) is 0. The SMILES string of the molecule is NC(=O)CSC1=Nc2ccccc2CS1. The third kappa shape index (κ3) is 2.76. The van der Waals surface area contributed by atoms with Crippen LogP contribution in [0, 0.1) is 0 Å². The van der Waals surface area contributed by atoms with E-state index in [2.05, 4.69) is 11.1 Å². The fraction of sp³-hybridized carbons (Fsp3) is 0.200. The van der Waals surface area contributed by atoms with Crippen molar-refractivity contribution < 1.29 is 4.79 Å². The number of rotatable bonds is 2. The lowest BCUT2D eigenvalue weighted by atomic mass is 10.2. The number of nitrogens with two attached hydrogens (primary N) is 1. The van der Waals surface area contributed by atoms with Crippen molar-refractivity contribution in [3.63, 3.8) is 0 Å². The average Bonchev–Trinajstić information content (AvgIpc) is 2.26. The highest BCUT2D eigenvalue weighted by molar-refractivity contribution is 8.38. The molecule has 0 saturated heterocycles. The molecule has 2 N–H and O–H groups in total. The molecule has 1 aliphatic heterocycles. The molecule has 2 rings (SSSR count). The summed E-state index contributed by atoms with van der Waals surface area (Å²) in [5.41, 5.74) is 7.32. The van der Waals surface area contributed by atoms with Crippen LogP contribution in [0.4, 0.5) is 5.69 Å². The van der Waals surface area contributed by atoms with Crippen LogP contribution >= 0.6 is 23.5 Å². The second-order valence-corrected chi connectivity index (χ2v) is 5.24. The number of thioether (sulfide) groups is 2. The molecular weight excluding hydrogens is 228 g/mol. The average molecular weight is 238 g/mol. The second kappa shape index (κ2) is 4.72. The van der Waals surface area contributed by atoms with Gasteiger partial charge in [-0.25, -0.2) is 4.99 Å². The minimum atomic E-state index is -0.304. The summed E-state index contributed by atoms with van der Waals surface area (Å²) in [4.78, 5) is 15.1. The molecular formula is C10H10N2OS2. The summed E-state index contributed by atoms with van der Waals surface area (Å²) >= 11 is 3.06. The molecule has 0 aromatic heterocycles. The van der Waals surface area contributed by atoms with Crippen LogP contribution in [0.2, 0.25) is 0 Å². The van der Waals surface area contributed by atoms with Gasteiger partial charge in [-0.2, -0.15) is 0 Å². The first-order valence-electron chi connectivity index (χ1n) is 4.46. The minimum Gasteiger partial charge on any atom is -0.369 e. The van der Waals surface area contributed by atoms with Crippen LogP contribution in [-0.2, 0) is 10.5 Å². The molecule has 0 bridgehead atoms. The predicted octanol–water partition coefficient (Wildman–Crippen LogP) is 2.14. The van der Waals surface area contributed by atoms with Crippen molar-refractivity contribution in [2.45, 2.75) is 5.75 Å². The Morgan fingerprint density at radius 2 is 2.33 bits per heavy atom. The lowest BCUT2D eigenvalue weighted by Crippen LogP contribution is -2.14. The second-order valence-electron chi connectivity index (χ2n) is 3.05. The zero-order valence-corrected chi connectivity index (χ0v) is 9.61. The van der Waals surface area contributed by atoms with E-state index in [-0.39, 0.29) is 5.91 Å². The van der Waals surface area contributed by atoms with Gasteiger partial charge in [0.2, 0.25) is 5.91 Å². The number of benzene rings is 1. The van der Waals surface area contributed by atoms with Gasteiger partial charge in [0.1, 0.15) is 4.38 Å². The third-order valence-electron chi connectivity index (χ3n) is 1.89. The highest BCUT2D eigenvalue weighted by atomic mass is 32.2. The maximum atomic E-state index is 10.6. The van der Waals surface area contributed by atoms with E-state index in [0.29, 0.717) is 5.75 Å². The van der Waals surface area contributed by atoms with Crippen molar-refractivity contribution in [3.05, 3.63) is 29.8 Å². The maximum Gasteiger partial charge on any atom is 0.227 e. The number of aliphatic imine (C=N–C) groups is 1. The Morgan fingerprint density at radius 3 is 3.13 bits per heavy atom. The fourth-order valence-corrected chi connectivity index (χ4v) is 3.02. The molecule has 0 unspecified atom stereocenters. The molecule has 15 heavy (non-hydrogen) atoms. The molecule has 5 heteroatoms. The van der Waals surface area contributed by atoms with E-state index >= 15 is 0 Å². The van der Waals surface area contributed by atoms with Gasteiger partial charge in [0, 0.05) is 5.75 Å². The number of carbonyl (C=O) groups excluding carboxylic acids is 1. The summed E-state index contributed by atoms with van der Waals surface area (Å²) in [6, 6.07) is 8.03. The molecule has 1 aromatic rings. The molecule has 1 aliphatic rings. The summed E-state index contributed by atoms with van der Waals surface area (Å²) in [6.45, 7) is 0. The molecule has 3 nitrogen and oxygen atoms in total. The zero-order valence-electron chi connectivity index (χ0n) is 7.97. The number of nitrogens with zero attached hydrogens (tertiary/aromatic N) is 1. The maximum absolute atomic E-state index is 10.6. The Morgan fingerprint density at radius 1 is 1.53 bits per heavy atom. The van der Waals surface area contributed by atoms with Crippen LogP contribution in [0.25, 0.3) is 0 Å². The van der Waals surface area contributed by atoms with Crippen LogP contribution in [0.3, 0.4) is 0 Å². The smallest absolute Gasteiger partial charge is 0.227 e. The number of para-hydroxylation sites is 1. The van der Waals surface area contributed by atoms with Crippen molar-refractivity contribution >= 4 is 39.5 Å². The third-order valence-corrected chi connectivity index (χ3v) is 4.16. The largest absolute Gasteiger partial charge is 0.369 e. The van der Waals surface area contributed by atoms with Crippen molar-refractivity contribution in [2.75, 3.05) is 5.75 Å². The van der Waals surface area contributed by atoms with E-state index in [1.807, 2.05) is 18.2 Å². The van der Waals surface area contributed by atoms with Gasteiger partial charge in [-0.1, -0.05) is 41.7 Å². The van der Waals surface area contributed by atoms with Crippen LogP contribution in [0.5, 0.6) is 0 Å². The minimum absolute atomic E-state index is 0.300. The topological polar surface area (TPSA) is 55.5 Å². The molecule has 0 radical (unpaired) electrons. The van der Waals surface area contributed by atoms with E-state index < -0.39 is 0 Å². The normalized spacial score (nSPS) is 14.3. The molecule has 1 heterocycles. The summed E-state index contributed by atoms with van der Waals surface area (Å²) < 4.78 is 0.924. The van der Waals surface area contributed by atoms with Crippen LogP contribution in [0.1, 0.15) is 5.56 Å². The van der Waals surface area contributed by atoms with Crippen molar-refractivity contribution in [1.82, 2.24) is 0 Å². The summed E-state index contributed by atoms with van der Waals surface area (Å²) in [7, 11) is 0. The van der Waals surface area contributed by atoms with E-state index in [1.165, 1.54) is 17.3 Å². The van der Waals surface area contributed by atoms with Crippen LogP contribution in [-0.4, -0.2) is 16.0 Å². The van der Waals surface area contributed by atoms with E-state index in [9.17, 15) is 4.79 Å². The van der Waals surface area contributed by atoms with Crippen molar-refractivity contribution in [1.29, 1.82) is 0 Å². The highest BCUT2D eigenvalue weighted by Crippen LogP contribution is 2.34. The standard InChI is InChI=1S/C10H10N2OS2/c11-9(13)6-15-10-12-8-4-2-1-3-7(8)5-14-10/h1-4H,5-6H2,(H2,11,13). The van der Waals surface area contributed by atoms with Gasteiger partial charge in [0.05, 0.1) is 11.4 Å². The van der Waals surface area contributed by atoms with Gasteiger partial charge in [0.15, 0.2) is 0 Å². The number of primary amides is 1. The van der Waals surface area contributed by atoms with Gasteiger partial charge in [-0.15, -0.1) is 0 Å². The molecule has 0 saturated carbocycles. The number of amides is 1. The highest BCUT2D eigenvalue weighted by Gasteiger charge is 2.12. The van der Waals surface area contributed by atoms with Gasteiger partial charge < -0.3 is 5.73 Å². The number of fused-ring (bicyclic) bond motifs is 1. The van der Waals surface area contributed by atoms with E-state index in [0.717, 1.165) is 15.8 Å². The van der Waals surface area contributed by atoms with Crippen molar-refractivity contribution in [3.8, 4) is 0 Å². The lowest BCUT2D eigenvalue weighted by Gasteiger charge is -2.13. The monoisotopic (exact) mass is 238 g/mol. The Kier molecular flexibility index (Phi) is 3.33. The molecule has 0 spiro atoms. The molecule has 1 amide bonds. The van der Waals surface area contributed by atoms with Crippen molar-refractivity contribution in [2.24, 2.45) is 10.7 Å². The quantitative estimate of drug-likeness (QED) is 0.858. The summed E-state index contributed by atoms with van der Waals surface area (Å²) in [5.74, 6) is 0.913. The first-order chi connectivity index (χ1) is 7.25. The first-order valence-corrected chi connectivity index (χ1v) is 6.43. The number of carbonyl (C=O) groups is 1. The van der Waals surface area contributed by atoms with Gasteiger partial charge in [-0.3, -0.25) is 4.79 Å². The fourth-order valence-electron chi connectivity index (χ4n) is 1.22. The zero-order chi connectivity index (χ0) is 10.7. The number of hydrogen-bond donors (Lipinski definition) is 1. The predicted molar refractivity (Wildman–Crippen MR) is 66.5 cm³/mol. The first kappa shape index (κ1) is 10.6. The Labute approximate surface area is 96.5 Å². The molecule has 0 atom stereocenters. The van der Waals surface area contributed by atoms with E-state index in [1.54, 1.807) is 11.8 Å². The van der Waals surface area contributed by atoms with Gasteiger partial charge >= 0.3 is 0 Å². The van der Waals surface area contributed by atoms with Crippen LogP contribution in [0.15, 0.2) is 29.3 Å². The number of hydrogen-bond acceptors (Lipinski definition) is 4. The van der Waals surface area contributed by atoms with Crippen LogP contribution < -0.4 is 5.73 Å². The lowest BCUT2D eigenvalue weighted by molar-refractivity contribution is -0.115. The molecule has 0 aliphatic carbocycles. The molecule has 1 aromatic carbocycles.